The van der Waals surface area contributed by atoms with Crippen molar-refractivity contribution in [3.05, 3.63) is 72.3 Å². The second kappa shape index (κ2) is 10.7. The summed E-state index contributed by atoms with van der Waals surface area (Å²) in [4.78, 5) is 19.3. The first-order valence-electron chi connectivity index (χ1n) is 11.9. The van der Waals surface area contributed by atoms with Gasteiger partial charge >= 0.3 is 0 Å². The smallest absolute Gasteiger partial charge is 0.229 e. The van der Waals surface area contributed by atoms with Crippen molar-refractivity contribution < 1.29 is 14.3 Å². The molecule has 4 rings (SSSR count). The van der Waals surface area contributed by atoms with Crippen molar-refractivity contribution in [1.29, 1.82) is 0 Å². The Morgan fingerprint density at radius 1 is 1.17 bits per heavy atom. The topological polar surface area (TPSA) is 80.7 Å². The van der Waals surface area contributed by atoms with Crippen molar-refractivity contribution in [2.45, 2.75) is 39.4 Å². The number of aromatic nitrogens is 2. The van der Waals surface area contributed by atoms with Crippen LogP contribution in [0, 0.1) is 5.41 Å². The molecule has 1 fully saturated rings. The average Bonchev–Trinajstić information content (AvgIpc) is 3.46. The van der Waals surface area contributed by atoms with Gasteiger partial charge in [0.1, 0.15) is 11.8 Å². The van der Waals surface area contributed by atoms with Crippen LogP contribution in [0.2, 0.25) is 0 Å². The predicted molar refractivity (Wildman–Crippen MR) is 145 cm³/mol. The molecule has 1 saturated heterocycles. The summed E-state index contributed by atoms with van der Waals surface area (Å²) in [5.74, 6) is 0.471. The van der Waals surface area contributed by atoms with Crippen LogP contribution in [0.5, 0.6) is 5.75 Å². The van der Waals surface area contributed by atoms with E-state index in [1.165, 1.54) is 0 Å². The van der Waals surface area contributed by atoms with Crippen LogP contribution >= 0.6 is 12.2 Å². The van der Waals surface area contributed by atoms with Gasteiger partial charge in [0.05, 0.1) is 31.1 Å². The summed E-state index contributed by atoms with van der Waals surface area (Å²) in [5, 5.41) is 7.05. The van der Waals surface area contributed by atoms with Gasteiger partial charge < -0.3 is 29.6 Å². The number of ether oxygens (including phenoxy) is 2. The lowest BCUT2D eigenvalue weighted by Gasteiger charge is -2.29. The van der Waals surface area contributed by atoms with Gasteiger partial charge in [-0.3, -0.25) is 9.78 Å². The maximum Gasteiger partial charge on any atom is 0.229 e. The van der Waals surface area contributed by atoms with Gasteiger partial charge in [-0.05, 0) is 48.6 Å². The zero-order chi connectivity index (χ0) is 25.9. The van der Waals surface area contributed by atoms with E-state index in [0.29, 0.717) is 29.7 Å². The number of nitrogens with one attached hydrogen (secondary N) is 2. The summed E-state index contributed by atoms with van der Waals surface area (Å²) in [6, 6.07) is 15.4. The van der Waals surface area contributed by atoms with Crippen LogP contribution in [-0.2, 0) is 16.1 Å². The first-order chi connectivity index (χ1) is 17.2. The molecule has 2 N–H and O–H groups in total. The molecule has 9 heteroatoms. The van der Waals surface area contributed by atoms with Gasteiger partial charge in [0, 0.05) is 48.9 Å². The van der Waals surface area contributed by atoms with Crippen LogP contribution < -0.4 is 20.3 Å². The maximum absolute atomic E-state index is 12.6. The number of anilines is 2. The number of carbonyl (C=O) groups is 1. The first kappa shape index (κ1) is 25.7. The minimum atomic E-state index is -0.529. The van der Waals surface area contributed by atoms with E-state index in [1.54, 1.807) is 20.4 Å². The van der Waals surface area contributed by atoms with E-state index in [4.69, 9.17) is 21.7 Å². The lowest BCUT2D eigenvalue weighted by molar-refractivity contribution is -0.123. The molecule has 0 bridgehead atoms. The Hall–Kier alpha value is -3.43. The number of rotatable bonds is 8. The highest BCUT2D eigenvalue weighted by Gasteiger charge is 2.42. The molecule has 3 heterocycles. The summed E-state index contributed by atoms with van der Waals surface area (Å²) in [6.07, 6.45) is 3.84. The van der Waals surface area contributed by atoms with Crippen molar-refractivity contribution in [2.24, 2.45) is 5.41 Å². The lowest BCUT2D eigenvalue weighted by atomic mass is 9.95. The van der Waals surface area contributed by atoms with Gasteiger partial charge in [-0.1, -0.05) is 26.8 Å². The third-order valence-corrected chi connectivity index (χ3v) is 6.51. The lowest BCUT2D eigenvalue weighted by Crippen LogP contribution is -2.31. The van der Waals surface area contributed by atoms with Crippen LogP contribution in [0.15, 0.2) is 60.9 Å². The van der Waals surface area contributed by atoms with E-state index in [-0.39, 0.29) is 18.0 Å². The molecule has 190 valence electrons. The van der Waals surface area contributed by atoms with E-state index in [2.05, 4.69) is 37.3 Å². The Balaban J connectivity index is 1.76. The highest BCUT2D eigenvalue weighted by atomic mass is 32.1. The molecule has 1 aliphatic heterocycles. The van der Waals surface area contributed by atoms with E-state index in [9.17, 15) is 4.79 Å². The fourth-order valence-electron chi connectivity index (χ4n) is 4.27. The molecule has 8 nitrogen and oxygen atoms in total. The molecule has 0 aliphatic carbocycles. The quantitative estimate of drug-likeness (QED) is 0.428. The number of hydrogen-bond donors (Lipinski definition) is 2. The zero-order valence-electron chi connectivity index (χ0n) is 21.3. The number of carbonyl (C=O) groups excluding carboxylic acids is 1. The van der Waals surface area contributed by atoms with E-state index in [1.807, 2.05) is 63.2 Å². The number of hydrogen-bond acceptors (Lipinski definition) is 5. The molecule has 3 aromatic rings. The van der Waals surface area contributed by atoms with Crippen molar-refractivity contribution in [3.8, 4) is 5.75 Å². The Kier molecular flexibility index (Phi) is 7.61. The molecule has 2 atom stereocenters. The van der Waals surface area contributed by atoms with E-state index in [0.717, 1.165) is 17.1 Å². The Morgan fingerprint density at radius 2 is 1.97 bits per heavy atom. The molecule has 0 radical (unpaired) electrons. The Morgan fingerprint density at radius 3 is 2.64 bits per heavy atom. The molecular weight excluding hydrogens is 474 g/mol. The van der Waals surface area contributed by atoms with Gasteiger partial charge in [0.2, 0.25) is 5.91 Å². The normalized spacial score (nSPS) is 17.7. The minimum absolute atomic E-state index is 0.0871. The Labute approximate surface area is 217 Å². The van der Waals surface area contributed by atoms with Crippen LogP contribution in [0.3, 0.4) is 0 Å². The highest BCUT2D eigenvalue weighted by molar-refractivity contribution is 7.80. The van der Waals surface area contributed by atoms with Crippen molar-refractivity contribution >= 4 is 34.6 Å². The molecule has 0 spiro atoms. The number of methoxy groups -OCH3 is 2. The van der Waals surface area contributed by atoms with Gasteiger partial charge in [-0.2, -0.15) is 0 Å². The molecule has 1 aromatic carbocycles. The SMILES string of the molecule is COCCn1cccc1[C@@H]1[C@H](c2ccccn2)NC(=S)N1c1ccc(NC(=O)C(C)(C)C)c(OC)c1. The standard InChI is InChI=1S/C27H33N5O3S/c1-27(2,3)25(33)29-19-12-11-18(17-22(19)35-5)32-24(21-10-8-14-31(21)15-16-34-4)23(30-26(32)36)20-9-6-7-13-28-20/h6-14,17,23-24H,15-16H2,1-5H3,(H,29,33)(H,30,36)/t23-,24+/m0/s1. The van der Waals surface area contributed by atoms with Crippen molar-refractivity contribution in [3.63, 3.8) is 0 Å². The molecule has 36 heavy (non-hydrogen) atoms. The second-order valence-corrected chi connectivity index (χ2v) is 10.1. The number of benzene rings is 1. The van der Waals surface area contributed by atoms with Crippen molar-refractivity contribution in [2.75, 3.05) is 31.0 Å². The predicted octanol–water partition coefficient (Wildman–Crippen LogP) is 4.70. The minimum Gasteiger partial charge on any atom is -0.494 e. The fourth-order valence-corrected chi connectivity index (χ4v) is 4.61. The molecule has 1 amide bonds. The maximum atomic E-state index is 12.6. The molecule has 2 aromatic heterocycles. The second-order valence-electron chi connectivity index (χ2n) is 9.70. The Bertz CT molecular complexity index is 1220. The number of pyridine rings is 1. The summed E-state index contributed by atoms with van der Waals surface area (Å²) < 4.78 is 13.2. The summed E-state index contributed by atoms with van der Waals surface area (Å²) in [5.41, 5.74) is 2.91. The van der Waals surface area contributed by atoms with Crippen LogP contribution in [0.1, 0.15) is 44.2 Å². The molecule has 1 aliphatic rings. The average molecular weight is 508 g/mol. The number of nitrogens with zero attached hydrogens (tertiary/aromatic N) is 3. The highest BCUT2D eigenvalue weighted by Crippen LogP contribution is 2.43. The van der Waals surface area contributed by atoms with E-state index >= 15 is 0 Å². The van der Waals surface area contributed by atoms with E-state index < -0.39 is 5.41 Å². The largest absolute Gasteiger partial charge is 0.494 e. The summed E-state index contributed by atoms with van der Waals surface area (Å²) in [7, 11) is 3.29. The zero-order valence-corrected chi connectivity index (χ0v) is 22.1. The summed E-state index contributed by atoms with van der Waals surface area (Å²) in [6.45, 7) is 6.93. The summed E-state index contributed by atoms with van der Waals surface area (Å²) >= 11 is 5.85. The molecular formula is C27H33N5O3S. The fraction of sp³-hybridized carbons (Fsp3) is 0.370. The van der Waals surface area contributed by atoms with Crippen LogP contribution in [0.25, 0.3) is 0 Å². The third kappa shape index (κ3) is 5.22. The first-order valence-corrected chi connectivity index (χ1v) is 12.3. The van der Waals surface area contributed by atoms with Crippen LogP contribution in [-0.4, -0.2) is 41.4 Å². The third-order valence-electron chi connectivity index (χ3n) is 6.19. The molecule has 0 saturated carbocycles. The number of thiocarbonyl (C=S) groups is 1. The van der Waals surface area contributed by atoms with Gasteiger partial charge in [-0.25, -0.2) is 0 Å². The number of amides is 1. The molecule has 0 unspecified atom stereocenters. The van der Waals surface area contributed by atoms with Crippen molar-refractivity contribution in [1.82, 2.24) is 14.9 Å². The van der Waals surface area contributed by atoms with Gasteiger partial charge in [0.25, 0.3) is 0 Å². The van der Waals surface area contributed by atoms with Gasteiger partial charge in [-0.15, -0.1) is 0 Å². The van der Waals surface area contributed by atoms with Crippen LogP contribution in [0.4, 0.5) is 11.4 Å². The van der Waals surface area contributed by atoms with Gasteiger partial charge in [0.15, 0.2) is 5.11 Å². The monoisotopic (exact) mass is 507 g/mol.